The van der Waals surface area contributed by atoms with Gasteiger partial charge in [0.15, 0.2) is 5.69 Å². The van der Waals surface area contributed by atoms with E-state index < -0.39 is 0 Å². The van der Waals surface area contributed by atoms with Gasteiger partial charge in [-0.05, 0) is 39.9 Å². The smallest absolute Gasteiger partial charge is 0.158 e. The van der Waals surface area contributed by atoms with Gasteiger partial charge in [-0.15, -0.1) is 0 Å². The van der Waals surface area contributed by atoms with Crippen LogP contribution in [0.25, 0.3) is 0 Å². The van der Waals surface area contributed by atoms with E-state index >= 15 is 0 Å². The van der Waals surface area contributed by atoms with Crippen LogP contribution in [0.3, 0.4) is 0 Å². The second-order valence-corrected chi connectivity index (χ2v) is 5.59. The van der Waals surface area contributed by atoms with Gasteiger partial charge in [0.25, 0.3) is 0 Å². The van der Waals surface area contributed by atoms with Crippen LogP contribution in [0.15, 0.2) is 12.4 Å². The number of hydrogen-bond donors (Lipinski definition) is 0. The lowest BCUT2D eigenvalue weighted by Gasteiger charge is -2.32. The Kier molecular flexibility index (Phi) is 5.90. The van der Waals surface area contributed by atoms with Crippen LogP contribution < -0.4 is 4.90 Å². The summed E-state index contributed by atoms with van der Waals surface area (Å²) < 4.78 is 5.92. The highest BCUT2D eigenvalue weighted by Gasteiger charge is 2.20. The van der Waals surface area contributed by atoms with Gasteiger partial charge in [0.2, 0.25) is 0 Å². The third-order valence-electron chi connectivity index (χ3n) is 3.62. The number of nitrogens with zero attached hydrogens (tertiary/aromatic N) is 5. The Hall–Kier alpha value is -1.71. The Morgan fingerprint density at radius 1 is 1.33 bits per heavy atom. The number of anilines is 1. The maximum Gasteiger partial charge on any atom is 0.158 e. The van der Waals surface area contributed by atoms with Crippen molar-refractivity contribution in [1.29, 1.82) is 5.26 Å². The van der Waals surface area contributed by atoms with Gasteiger partial charge in [-0.2, -0.15) is 5.26 Å². The number of ether oxygens (including phenoxy) is 1. The standard InChI is InChI=1S/C15H23N5O/c1-19(2)6-3-9-21-14-4-7-20(8-5-14)15-12-17-13(10-16)11-18-15/h11-12,14H,3-9H2,1-2H3. The van der Waals surface area contributed by atoms with Crippen molar-refractivity contribution >= 4 is 5.82 Å². The van der Waals surface area contributed by atoms with Gasteiger partial charge in [0, 0.05) is 19.7 Å². The van der Waals surface area contributed by atoms with Crippen molar-refractivity contribution < 1.29 is 4.74 Å². The molecule has 0 radical (unpaired) electrons. The Balaban J connectivity index is 1.71. The second-order valence-electron chi connectivity index (χ2n) is 5.59. The Bertz CT molecular complexity index is 460. The molecule has 1 saturated heterocycles. The van der Waals surface area contributed by atoms with Gasteiger partial charge in [0.1, 0.15) is 11.9 Å². The van der Waals surface area contributed by atoms with Gasteiger partial charge in [-0.3, -0.25) is 0 Å². The first-order valence-electron chi connectivity index (χ1n) is 7.42. The zero-order valence-corrected chi connectivity index (χ0v) is 12.8. The Labute approximate surface area is 126 Å². The van der Waals surface area contributed by atoms with E-state index in [0.717, 1.165) is 51.3 Å². The normalized spacial score (nSPS) is 16.2. The SMILES string of the molecule is CN(C)CCCOC1CCN(c2cnc(C#N)cn2)CC1. The van der Waals surface area contributed by atoms with E-state index in [1.807, 2.05) is 6.07 Å². The number of nitriles is 1. The number of piperidine rings is 1. The molecule has 1 aromatic heterocycles. The molecule has 0 aromatic carbocycles. The fourth-order valence-electron chi connectivity index (χ4n) is 2.42. The van der Waals surface area contributed by atoms with E-state index in [2.05, 4.69) is 33.9 Å². The zero-order chi connectivity index (χ0) is 15.1. The van der Waals surface area contributed by atoms with Crippen molar-refractivity contribution in [3.05, 3.63) is 18.1 Å². The van der Waals surface area contributed by atoms with Crippen LogP contribution in [0.4, 0.5) is 5.82 Å². The molecular weight excluding hydrogens is 266 g/mol. The monoisotopic (exact) mass is 289 g/mol. The molecule has 0 N–H and O–H groups in total. The zero-order valence-electron chi connectivity index (χ0n) is 12.8. The average Bonchev–Trinajstić information content (AvgIpc) is 2.52. The minimum absolute atomic E-state index is 0.356. The molecule has 6 heteroatoms. The van der Waals surface area contributed by atoms with E-state index in [9.17, 15) is 0 Å². The van der Waals surface area contributed by atoms with Crippen LogP contribution in [0.1, 0.15) is 25.0 Å². The average molecular weight is 289 g/mol. The quantitative estimate of drug-likeness (QED) is 0.735. The third kappa shape index (κ3) is 4.96. The molecule has 0 saturated carbocycles. The summed E-state index contributed by atoms with van der Waals surface area (Å²) in [5.41, 5.74) is 0.359. The lowest BCUT2D eigenvalue weighted by molar-refractivity contribution is 0.0332. The number of hydrogen-bond acceptors (Lipinski definition) is 6. The lowest BCUT2D eigenvalue weighted by Crippen LogP contribution is -2.37. The molecule has 2 rings (SSSR count). The Morgan fingerprint density at radius 2 is 2.10 bits per heavy atom. The third-order valence-corrected chi connectivity index (χ3v) is 3.62. The highest BCUT2D eigenvalue weighted by Crippen LogP contribution is 2.19. The first-order valence-corrected chi connectivity index (χ1v) is 7.42. The summed E-state index contributed by atoms with van der Waals surface area (Å²) in [6, 6.07) is 1.99. The molecule has 1 aliphatic rings. The topological polar surface area (TPSA) is 65.3 Å². The summed E-state index contributed by atoms with van der Waals surface area (Å²) in [6.07, 6.45) is 6.67. The Morgan fingerprint density at radius 3 is 2.67 bits per heavy atom. The first-order chi connectivity index (χ1) is 10.2. The van der Waals surface area contributed by atoms with Crippen molar-refractivity contribution in [3.8, 4) is 6.07 Å². The van der Waals surface area contributed by atoms with Gasteiger partial charge in [-0.25, -0.2) is 9.97 Å². The minimum Gasteiger partial charge on any atom is -0.378 e. The maximum atomic E-state index is 8.72. The van der Waals surface area contributed by atoms with Crippen molar-refractivity contribution in [3.63, 3.8) is 0 Å². The van der Waals surface area contributed by atoms with E-state index in [4.69, 9.17) is 10.00 Å². The molecule has 0 atom stereocenters. The molecule has 114 valence electrons. The predicted octanol–water partition coefficient (Wildman–Crippen LogP) is 1.29. The number of rotatable bonds is 6. The first kappa shape index (κ1) is 15.7. The minimum atomic E-state index is 0.356. The van der Waals surface area contributed by atoms with Gasteiger partial charge < -0.3 is 14.5 Å². The highest BCUT2D eigenvalue weighted by atomic mass is 16.5. The molecule has 6 nitrogen and oxygen atoms in total. The van der Waals surface area contributed by atoms with E-state index in [1.165, 1.54) is 6.20 Å². The molecule has 1 aliphatic heterocycles. The molecule has 0 aliphatic carbocycles. The summed E-state index contributed by atoms with van der Waals surface area (Å²) in [4.78, 5) is 12.7. The summed E-state index contributed by atoms with van der Waals surface area (Å²) in [6.45, 7) is 3.76. The van der Waals surface area contributed by atoms with Crippen molar-refractivity contribution in [2.45, 2.75) is 25.4 Å². The van der Waals surface area contributed by atoms with E-state index in [-0.39, 0.29) is 0 Å². The largest absolute Gasteiger partial charge is 0.378 e. The van der Waals surface area contributed by atoms with Crippen LogP contribution in [-0.4, -0.2) is 61.3 Å². The van der Waals surface area contributed by atoms with Crippen LogP contribution in [0.2, 0.25) is 0 Å². The van der Waals surface area contributed by atoms with Gasteiger partial charge >= 0.3 is 0 Å². The lowest BCUT2D eigenvalue weighted by atomic mass is 10.1. The molecule has 0 unspecified atom stereocenters. The molecule has 21 heavy (non-hydrogen) atoms. The fraction of sp³-hybridized carbons (Fsp3) is 0.667. The molecule has 0 bridgehead atoms. The summed E-state index contributed by atoms with van der Waals surface area (Å²) in [5, 5.41) is 8.72. The number of aromatic nitrogens is 2. The van der Waals surface area contributed by atoms with Crippen LogP contribution in [0, 0.1) is 11.3 Å². The van der Waals surface area contributed by atoms with Crippen molar-refractivity contribution in [1.82, 2.24) is 14.9 Å². The molecular formula is C15H23N5O. The molecule has 0 amide bonds. The molecule has 0 spiro atoms. The maximum absolute atomic E-state index is 8.72. The van der Waals surface area contributed by atoms with Crippen molar-refractivity contribution in [2.24, 2.45) is 0 Å². The van der Waals surface area contributed by atoms with Crippen LogP contribution in [0.5, 0.6) is 0 Å². The van der Waals surface area contributed by atoms with Gasteiger partial charge in [-0.1, -0.05) is 0 Å². The van der Waals surface area contributed by atoms with Crippen LogP contribution in [-0.2, 0) is 4.74 Å². The van der Waals surface area contributed by atoms with Crippen LogP contribution >= 0.6 is 0 Å². The predicted molar refractivity (Wildman–Crippen MR) is 81.1 cm³/mol. The summed E-state index contributed by atoms with van der Waals surface area (Å²) >= 11 is 0. The van der Waals surface area contributed by atoms with E-state index in [0.29, 0.717) is 11.8 Å². The van der Waals surface area contributed by atoms with E-state index in [1.54, 1.807) is 6.20 Å². The fourth-order valence-corrected chi connectivity index (χ4v) is 2.42. The molecule has 1 fully saturated rings. The van der Waals surface area contributed by atoms with Gasteiger partial charge in [0.05, 0.1) is 18.5 Å². The summed E-state index contributed by atoms with van der Waals surface area (Å²) in [7, 11) is 4.16. The second kappa shape index (κ2) is 7.91. The van der Waals surface area contributed by atoms with Crippen molar-refractivity contribution in [2.75, 3.05) is 45.2 Å². The highest BCUT2D eigenvalue weighted by molar-refractivity contribution is 5.37. The summed E-state index contributed by atoms with van der Waals surface area (Å²) in [5.74, 6) is 0.847. The molecule has 1 aromatic rings. The molecule has 2 heterocycles.